The SMILES string of the molecule is CC1CC(c2cc(N3Cc4c(cc(CO)cc4C(F)(F)F)C3=O)cc(C(C)(C)F)c2)(c2nncn2C)C1. The van der Waals surface area contributed by atoms with Gasteiger partial charge in [0, 0.05) is 18.3 Å². The van der Waals surface area contributed by atoms with Gasteiger partial charge in [0.15, 0.2) is 0 Å². The second-order valence-electron chi connectivity index (χ2n) is 10.8. The zero-order valence-corrected chi connectivity index (χ0v) is 21.0. The number of hydrogen-bond acceptors (Lipinski definition) is 4. The summed E-state index contributed by atoms with van der Waals surface area (Å²) in [6, 6.07) is 7.23. The second-order valence-corrected chi connectivity index (χ2v) is 10.8. The van der Waals surface area contributed by atoms with Gasteiger partial charge in [-0.05, 0) is 79.1 Å². The number of aromatic nitrogens is 3. The van der Waals surface area contributed by atoms with Crippen molar-refractivity contribution in [3.8, 4) is 0 Å². The number of aryl methyl sites for hydroxylation is 1. The van der Waals surface area contributed by atoms with E-state index < -0.39 is 35.3 Å². The van der Waals surface area contributed by atoms with Crippen LogP contribution in [0.4, 0.5) is 23.2 Å². The maximum Gasteiger partial charge on any atom is 0.416 e. The molecule has 2 aliphatic rings. The number of aliphatic hydroxyl groups excluding tert-OH is 1. The molecular weight excluding hydrogens is 488 g/mol. The van der Waals surface area contributed by atoms with Gasteiger partial charge in [-0.2, -0.15) is 13.2 Å². The fourth-order valence-electron chi connectivity index (χ4n) is 5.80. The summed E-state index contributed by atoms with van der Waals surface area (Å²) in [5.41, 5.74) is -2.14. The molecule has 0 unspecified atom stereocenters. The molecule has 196 valence electrons. The Hall–Kier alpha value is -3.27. The van der Waals surface area contributed by atoms with Crippen LogP contribution in [0.25, 0.3) is 0 Å². The van der Waals surface area contributed by atoms with Gasteiger partial charge in [0.05, 0.1) is 24.1 Å². The smallest absolute Gasteiger partial charge is 0.392 e. The van der Waals surface area contributed by atoms with E-state index in [1.807, 2.05) is 11.6 Å². The molecule has 0 spiro atoms. The first-order valence-corrected chi connectivity index (χ1v) is 12.1. The van der Waals surface area contributed by atoms with Gasteiger partial charge in [0.25, 0.3) is 5.91 Å². The minimum absolute atomic E-state index is 0.00490. The Balaban J connectivity index is 1.67. The lowest BCUT2D eigenvalue weighted by Gasteiger charge is -2.46. The number of halogens is 4. The lowest BCUT2D eigenvalue weighted by Crippen LogP contribution is -2.43. The van der Waals surface area contributed by atoms with Crippen LogP contribution in [0.15, 0.2) is 36.7 Å². The Morgan fingerprint density at radius 2 is 1.81 bits per heavy atom. The predicted octanol–water partition coefficient (Wildman–Crippen LogP) is 5.41. The lowest BCUT2D eigenvalue weighted by atomic mass is 9.58. The van der Waals surface area contributed by atoms with Gasteiger partial charge in [0.1, 0.15) is 17.8 Å². The van der Waals surface area contributed by atoms with Crippen LogP contribution >= 0.6 is 0 Å². The summed E-state index contributed by atoms with van der Waals surface area (Å²) >= 11 is 0. The van der Waals surface area contributed by atoms with Crippen molar-refractivity contribution in [3.05, 3.63) is 75.9 Å². The molecule has 1 aliphatic heterocycles. The quantitative estimate of drug-likeness (QED) is 0.461. The molecule has 0 saturated heterocycles. The summed E-state index contributed by atoms with van der Waals surface area (Å²) in [5.74, 6) is 0.477. The predicted molar refractivity (Wildman–Crippen MR) is 129 cm³/mol. The highest BCUT2D eigenvalue weighted by Gasteiger charge is 2.49. The van der Waals surface area contributed by atoms with E-state index in [2.05, 4.69) is 17.1 Å². The van der Waals surface area contributed by atoms with Crippen molar-refractivity contribution in [1.29, 1.82) is 0 Å². The first kappa shape index (κ1) is 25.4. The topological polar surface area (TPSA) is 71.2 Å². The Morgan fingerprint density at radius 1 is 1.11 bits per heavy atom. The van der Waals surface area contributed by atoms with E-state index in [-0.39, 0.29) is 23.2 Å². The van der Waals surface area contributed by atoms with Gasteiger partial charge >= 0.3 is 6.18 Å². The van der Waals surface area contributed by atoms with Gasteiger partial charge < -0.3 is 14.6 Å². The molecule has 1 aliphatic carbocycles. The average Bonchev–Trinajstić information content (AvgIpc) is 3.37. The minimum atomic E-state index is -4.70. The molecule has 6 nitrogen and oxygen atoms in total. The third-order valence-corrected chi connectivity index (χ3v) is 7.59. The molecule has 5 rings (SSSR count). The molecule has 0 bridgehead atoms. The van der Waals surface area contributed by atoms with Gasteiger partial charge in [-0.1, -0.05) is 13.0 Å². The molecule has 2 aromatic carbocycles. The van der Waals surface area contributed by atoms with E-state index in [0.29, 0.717) is 23.0 Å². The summed E-state index contributed by atoms with van der Waals surface area (Å²) in [6.45, 7) is 3.99. The van der Waals surface area contributed by atoms with Crippen molar-refractivity contribution in [2.75, 3.05) is 4.90 Å². The zero-order valence-electron chi connectivity index (χ0n) is 21.0. The maximum absolute atomic E-state index is 15.3. The first-order chi connectivity index (χ1) is 17.2. The fraction of sp³-hybridized carbons (Fsp3) is 0.444. The first-order valence-electron chi connectivity index (χ1n) is 12.1. The van der Waals surface area contributed by atoms with Crippen LogP contribution in [0.3, 0.4) is 0 Å². The number of nitrogens with zero attached hydrogens (tertiary/aromatic N) is 4. The highest BCUT2D eigenvalue weighted by molar-refractivity contribution is 6.10. The molecule has 2 heterocycles. The molecule has 0 atom stereocenters. The Morgan fingerprint density at radius 3 is 2.35 bits per heavy atom. The number of alkyl halides is 4. The standard InChI is InChI=1S/C27H28F4N4O2/c1-15-10-26(11-15,24-33-32-14-34(24)4)18-7-17(25(2,3)28)8-19(9-18)35-12-21-20(23(35)37)5-16(13-36)6-22(21)27(29,30)31/h5-9,14-15,36H,10-13H2,1-4H3. The van der Waals surface area contributed by atoms with Crippen LogP contribution in [0.2, 0.25) is 0 Å². The number of carbonyl (C=O) groups excluding carboxylic acids is 1. The minimum Gasteiger partial charge on any atom is -0.392 e. The van der Waals surface area contributed by atoms with E-state index in [4.69, 9.17) is 0 Å². The van der Waals surface area contributed by atoms with Crippen LogP contribution in [-0.4, -0.2) is 25.8 Å². The second kappa shape index (κ2) is 8.37. The Kier molecular flexibility index (Phi) is 5.74. The van der Waals surface area contributed by atoms with Crippen LogP contribution in [0, 0.1) is 5.92 Å². The van der Waals surface area contributed by atoms with Gasteiger partial charge in [-0.25, -0.2) is 4.39 Å². The molecule has 3 aromatic rings. The molecule has 0 radical (unpaired) electrons. The molecule has 1 N–H and O–H groups in total. The summed E-state index contributed by atoms with van der Waals surface area (Å²) in [5, 5.41) is 17.9. The van der Waals surface area contributed by atoms with Gasteiger partial charge in [0.2, 0.25) is 0 Å². The van der Waals surface area contributed by atoms with E-state index in [1.165, 1.54) is 30.9 Å². The number of rotatable bonds is 5. The van der Waals surface area contributed by atoms with Crippen molar-refractivity contribution in [2.24, 2.45) is 13.0 Å². The maximum atomic E-state index is 15.3. The molecule has 1 saturated carbocycles. The van der Waals surface area contributed by atoms with E-state index in [9.17, 15) is 23.1 Å². The Bertz CT molecular complexity index is 1380. The highest BCUT2D eigenvalue weighted by atomic mass is 19.4. The highest BCUT2D eigenvalue weighted by Crippen LogP contribution is 2.53. The van der Waals surface area contributed by atoms with Crippen molar-refractivity contribution in [2.45, 2.75) is 64.0 Å². The lowest BCUT2D eigenvalue weighted by molar-refractivity contribution is -0.138. The monoisotopic (exact) mass is 516 g/mol. The summed E-state index contributed by atoms with van der Waals surface area (Å²) in [4.78, 5) is 14.7. The van der Waals surface area contributed by atoms with Crippen LogP contribution in [0.5, 0.6) is 0 Å². The number of benzene rings is 2. The summed E-state index contributed by atoms with van der Waals surface area (Å²) in [7, 11) is 1.84. The number of fused-ring (bicyclic) bond motifs is 1. The van der Waals surface area contributed by atoms with Gasteiger partial charge in [-0.15, -0.1) is 10.2 Å². The number of amides is 1. The Labute approximate surface area is 211 Å². The third kappa shape index (κ3) is 4.11. The number of hydrogen-bond donors (Lipinski definition) is 1. The summed E-state index contributed by atoms with van der Waals surface area (Å²) < 4.78 is 58.8. The van der Waals surface area contributed by atoms with Crippen LogP contribution < -0.4 is 4.90 Å². The molecule has 1 amide bonds. The van der Waals surface area contributed by atoms with Crippen molar-refractivity contribution in [1.82, 2.24) is 14.8 Å². The van der Waals surface area contributed by atoms with Crippen molar-refractivity contribution in [3.63, 3.8) is 0 Å². The van der Waals surface area contributed by atoms with E-state index >= 15 is 4.39 Å². The van der Waals surface area contributed by atoms with E-state index in [0.717, 1.165) is 24.5 Å². The molecule has 37 heavy (non-hydrogen) atoms. The van der Waals surface area contributed by atoms with Crippen LogP contribution in [-0.2, 0) is 37.5 Å². The van der Waals surface area contributed by atoms with E-state index in [1.54, 1.807) is 18.5 Å². The normalized spacial score (nSPS) is 21.8. The van der Waals surface area contributed by atoms with Gasteiger partial charge in [-0.3, -0.25) is 4.79 Å². The largest absolute Gasteiger partial charge is 0.416 e. The average molecular weight is 517 g/mol. The number of anilines is 1. The molecule has 1 fully saturated rings. The van der Waals surface area contributed by atoms with Crippen molar-refractivity contribution < 1.29 is 27.5 Å². The molecule has 1 aromatic heterocycles. The molecular formula is C27H28F4N4O2. The summed E-state index contributed by atoms with van der Waals surface area (Å²) in [6.07, 6.45) is -1.62. The van der Waals surface area contributed by atoms with Crippen molar-refractivity contribution >= 4 is 11.6 Å². The van der Waals surface area contributed by atoms with Crippen LogP contribution in [0.1, 0.15) is 77.6 Å². The number of aliphatic hydroxyl groups is 1. The molecule has 10 heteroatoms. The number of carbonyl (C=O) groups is 1. The fourth-order valence-corrected chi connectivity index (χ4v) is 5.80. The third-order valence-electron chi connectivity index (χ3n) is 7.59. The zero-order chi connectivity index (χ0) is 26.9.